The maximum absolute atomic E-state index is 3.47. The zero-order valence-electron chi connectivity index (χ0n) is 13.3. The molecule has 1 N–H and O–H groups in total. The fraction of sp³-hybridized carbons (Fsp3) is 0.0952. The van der Waals surface area contributed by atoms with Gasteiger partial charge in [0.25, 0.3) is 0 Å². The van der Waals surface area contributed by atoms with E-state index in [1.807, 2.05) is 6.07 Å². The molecule has 2 aliphatic rings. The molecule has 0 unspecified atom stereocenters. The second-order valence-corrected chi connectivity index (χ2v) is 5.67. The summed E-state index contributed by atoms with van der Waals surface area (Å²) in [6.07, 6.45) is 15.1. The molecule has 0 spiro atoms. The van der Waals surface area contributed by atoms with Crippen LogP contribution in [0.3, 0.4) is 0 Å². The van der Waals surface area contributed by atoms with E-state index < -0.39 is 0 Å². The summed E-state index contributed by atoms with van der Waals surface area (Å²) in [5, 5.41) is 5.95. The Labute approximate surface area is 180 Å². The van der Waals surface area contributed by atoms with Gasteiger partial charge < -0.3 is 5.32 Å². The van der Waals surface area contributed by atoms with Gasteiger partial charge in [0.2, 0.25) is 0 Å². The maximum atomic E-state index is 3.47. The second kappa shape index (κ2) is 7.69. The van der Waals surface area contributed by atoms with Gasteiger partial charge in [-0.25, -0.2) is 0 Å². The Balaban J connectivity index is 0.00000156. The summed E-state index contributed by atoms with van der Waals surface area (Å²) in [4.78, 5) is 0. The summed E-state index contributed by atoms with van der Waals surface area (Å²) in [6, 6.07) is 15.9. The van der Waals surface area contributed by atoms with Crippen molar-refractivity contribution in [3.8, 4) is 0 Å². The molecule has 1 heterocycles. The van der Waals surface area contributed by atoms with Crippen molar-refractivity contribution in [3.63, 3.8) is 0 Å². The van der Waals surface area contributed by atoms with Gasteiger partial charge in [-0.05, 0) is 18.4 Å². The van der Waals surface area contributed by atoms with Crippen molar-refractivity contribution in [2.24, 2.45) is 0 Å². The molecule has 0 radical (unpaired) electrons. The van der Waals surface area contributed by atoms with E-state index >= 15 is 0 Å². The smallest absolute Gasteiger partial charge is 0.378 e. The van der Waals surface area contributed by atoms with Crippen LogP contribution in [0.25, 0.3) is 16.8 Å². The van der Waals surface area contributed by atoms with Crippen molar-refractivity contribution in [1.29, 1.82) is 0 Å². The minimum atomic E-state index is 0. The molecule has 2 aromatic rings. The molecule has 1 fully saturated rings. The van der Waals surface area contributed by atoms with E-state index in [9.17, 15) is 0 Å². The van der Waals surface area contributed by atoms with Gasteiger partial charge in [0.05, 0.1) is 0 Å². The standard InChI is InChI=1S/C21H17N.K/c1-2-7-19-15-16(11-12-17(19)6-1)5-3-8-20-9-4-10-21(22-20)18-13-14-18;/h1-10,12,15,22H,13-14H2;/q-2;+1/b5-3-;. The molecule has 0 aromatic heterocycles. The number of rotatable bonds is 3. The van der Waals surface area contributed by atoms with Crippen LogP contribution in [0.5, 0.6) is 0 Å². The van der Waals surface area contributed by atoms with E-state index in [0.717, 1.165) is 11.3 Å². The van der Waals surface area contributed by atoms with Crippen molar-refractivity contribution in [3.05, 3.63) is 95.7 Å². The van der Waals surface area contributed by atoms with Crippen molar-refractivity contribution in [1.82, 2.24) is 5.32 Å². The predicted molar refractivity (Wildman–Crippen MR) is 92.7 cm³/mol. The Morgan fingerprint density at radius 3 is 2.78 bits per heavy atom. The van der Waals surface area contributed by atoms with Gasteiger partial charge in [-0.15, -0.1) is 42.2 Å². The Morgan fingerprint density at radius 1 is 1.13 bits per heavy atom. The van der Waals surface area contributed by atoms with Crippen LogP contribution in [0.4, 0.5) is 0 Å². The van der Waals surface area contributed by atoms with Gasteiger partial charge in [-0.1, -0.05) is 41.4 Å². The molecule has 1 aliphatic heterocycles. The molecule has 4 rings (SSSR count). The molecule has 0 atom stereocenters. The van der Waals surface area contributed by atoms with Crippen LogP contribution in [0.2, 0.25) is 0 Å². The third kappa shape index (κ3) is 4.28. The summed E-state index contributed by atoms with van der Waals surface area (Å²) >= 11 is 0. The minimum Gasteiger partial charge on any atom is -0.378 e. The first-order chi connectivity index (χ1) is 10.9. The fourth-order valence-electron chi connectivity index (χ4n) is 2.62. The van der Waals surface area contributed by atoms with E-state index in [0.29, 0.717) is 0 Å². The topological polar surface area (TPSA) is 12.0 Å². The second-order valence-electron chi connectivity index (χ2n) is 5.67. The minimum absolute atomic E-state index is 0. The molecule has 0 saturated heterocycles. The van der Waals surface area contributed by atoms with Crippen LogP contribution in [0, 0.1) is 12.5 Å². The molecule has 1 aliphatic carbocycles. The van der Waals surface area contributed by atoms with E-state index in [4.69, 9.17) is 0 Å². The normalized spacial score (nSPS) is 16.1. The largest absolute Gasteiger partial charge is 1.00 e. The molecule has 2 aromatic carbocycles. The molecule has 1 nitrogen and oxygen atoms in total. The average molecular weight is 322 g/mol. The van der Waals surface area contributed by atoms with Crippen LogP contribution >= 0.6 is 0 Å². The first kappa shape index (κ1) is 16.8. The number of hydrogen-bond acceptors (Lipinski definition) is 1. The molecule has 108 valence electrons. The summed E-state index contributed by atoms with van der Waals surface area (Å²) in [6.45, 7) is 0. The van der Waals surface area contributed by atoms with Crippen molar-refractivity contribution in [2.75, 3.05) is 0 Å². The zero-order valence-corrected chi connectivity index (χ0v) is 16.5. The van der Waals surface area contributed by atoms with Crippen LogP contribution in [0.1, 0.15) is 18.4 Å². The number of hydrogen-bond donors (Lipinski definition) is 1. The molecule has 23 heavy (non-hydrogen) atoms. The Bertz CT molecular complexity index is 834. The summed E-state index contributed by atoms with van der Waals surface area (Å²) in [5.41, 5.74) is 5.04. The monoisotopic (exact) mass is 322 g/mol. The number of dihydropyridines is 1. The SMILES string of the molecule is [K+].[c-]1cc2ccccc2cc1/C=C\[CH-]C1=CC=CC(=C2CC2)N1. The van der Waals surface area contributed by atoms with Gasteiger partial charge in [-0.3, -0.25) is 0 Å². The molecule has 1 saturated carbocycles. The van der Waals surface area contributed by atoms with E-state index in [-0.39, 0.29) is 51.4 Å². The quantitative estimate of drug-likeness (QED) is 0.673. The third-order valence-electron chi connectivity index (χ3n) is 3.95. The number of allylic oxidation sites excluding steroid dienone is 5. The Hall–Kier alpha value is -1.03. The number of nitrogens with one attached hydrogen (secondary N) is 1. The molecular weight excluding hydrogens is 305 g/mol. The van der Waals surface area contributed by atoms with Gasteiger partial charge >= 0.3 is 51.4 Å². The van der Waals surface area contributed by atoms with Gasteiger partial charge in [0.15, 0.2) is 0 Å². The zero-order chi connectivity index (χ0) is 14.8. The van der Waals surface area contributed by atoms with E-state index in [1.165, 1.54) is 34.9 Å². The van der Waals surface area contributed by atoms with Crippen LogP contribution < -0.4 is 56.7 Å². The Kier molecular flexibility index (Phi) is 5.62. The van der Waals surface area contributed by atoms with E-state index in [2.05, 4.69) is 78.5 Å². The van der Waals surface area contributed by atoms with Crippen LogP contribution in [0.15, 0.2) is 77.7 Å². The fourth-order valence-corrected chi connectivity index (χ4v) is 2.62. The number of fused-ring (bicyclic) bond motifs is 1. The van der Waals surface area contributed by atoms with Crippen molar-refractivity contribution < 1.29 is 51.4 Å². The van der Waals surface area contributed by atoms with Crippen molar-refractivity contribution >= 4 is 16.8 Å². The summed E-state index contributed by atoms with van der Waals surface area (Å²) in [5.74, 6) is 0. The first-order valence-corrected chi connectivity index (χ1v) is 7.68. The number of benzene rings is 2. The van der Waals surface area contributed by atoms with Gasteiger partial charge in [0.1, 0.15) is 0 Å². The van der Waals surface area contributed by atoms with Crippen LogP contribution in [-0.2, 0) is 0 Å². The predicted octanol–water partition coefficient (Wildman–Crippen LogP) is 1.95. The average Bonchev–Trinajstić information content (AvgIpc) is 3.40. The summed E-state index contributed by atoms with van der Waals surface area (Å²) in [7, 11) is 0. The van der Waals surface area contributed by atoms with Gasteiger partial charge in [-0.2, -0.15) is 17.7 Å². The summed E-state index contributed by atoms with van der Waals surface area (Å²) < 4.78 is 0. The van der Waals surface area contributed by atoms with Crippen LogP contribution in [-0.4, -0.2) is 0 Å². The third-order valence-corrected chi connectivity index (χ3v) is 3.95. The van der Waals surface area contributed by atoms with E-state index in [1.54, 1.807) is 0 Å². The molecule has 0 amide bonds. The first-order valence-electron chi connectivity index (χ1n) is 7.68. The molecular formula is C21H17KN-. The molecule has 0 bridgehead atoms. The maximum Gasteiger partial charge on any atom is 1.00 e. The Morgan fingerprint density at radius 2 is 1.96 bits per heavy atom. The van der Waals surface area contributed by atoms with Gasteiger partial charge in [0, 0.05) is 5.70 Å². The van der Waals surface area contributed by atoms with Crippen molar-refractivity contribution in [2.45, 2.75) is 12.8 Å². The molecule has 2 heteroatoms.